The van der Waals surface area contributed by atoms with E-state index < -0.39 is 10.0 Å². The number of aromatic nitrogens is 3. The van der Waals surface area contributed by atoms with Gasteiger partial charge in [0.05, 0.1) is 23.0 Å². The maximum absolute atomic E-state index is 11.4. The molecule has 0 unspecified atom stereocenters. The average Bonchev–Trinajstić information content (AvgIpc) is 2.75. The minimum atomic E-state index is -3.74. The Morgan fingerprint density at radius 3 is 2.35 bits per heavy atom. The van der Waals surface area contributed by atoms with E-state index in [1.807, 2.05) is 30.3 Å². The molecule has 0 amide bonds. The molecule has 0 saturated carbocycles. The van der Waals surface area contributed by atoms with Crippen molar-refractivity contribution >= 4 is 33.2 Å². The number of hydrogen-bond acceptors (Lipinski definition) is 8. The summed E-state index contributed by atoms with van der Waals surface area (Å²) in [5.41, 5.74) is 1.31. The number of rotatable bonds is 7. The highest BCUT2D eigenvalue weighted by molar-refractivity contribution is 7.89. The largest absolute Gasteiger partial charge is 0.456 e. The summed E-state index contributed by atoms with van der Waals surface area (Å²) in [6.45, 7) is 0. The normalized spacial score (nSPS) is 11.0. The van der Waals surface area contributed by atoms with E-state index in [1.54, 1.807) is 42.9 Å². The summed E-state index contributed by atoms with van der Waals surface area (Å²) in [7, 11) is -3.74. The maximum atomic E-state index is 11.4. The first-order valence-corrected chi connectivity index (χ1v) is 10.7. The molecule has 10 heteroatoms. The van der Waals surface area contributed by atoms with Gasteiger partial charge in [0.2, 0.25) is 16.0 Å². The van der Waals surface area contributed by atoms with Crippen molar-refractivity contribution in [2.45, 2.75) is 4.90 Å². The quantitative estimate of drug-likeness (QED) is 0.400. The Hall–Kier alpha value is -4.02. The summed E-state index contributed by atoms with van der Waals surface area (Å²) in [4.78, 5) is 12.8. The molecule has 0 aliphatic heterocycles. The van der Waals surface area contributed by atoms with Gasteiger partial charge in [0.15, 0.2) is 0 Å². The first-order chi connectivity index (χ1) is 15.0. The third kappa shape index (κ3) is 5.53. The number of anilines is 4. The number of nitrogens with zero attached hydrogens (tertiary/aromatic N) is 3. The van der Waals surface area contributed by atoms with Gasteiger partial charge in [0.25, 0.3) is 0 Å². The number of primary sulfonamides is 1. The van der Waals surface area contributed by atoms with Gasteiger partial charge in [-0.25, -0.2) is 18.5 Å². The van der Waals surface area contributed by atoms with Gasteiger partial charge in [0.1, 0.15) is 17.3 Å². The predicted molar refractivity (Wildman–Crippen MR) is 117 cm³/mol. The van der Waals surface area contributed by atoms with Crippen LogP contribution in [-0.2, 0) is 10.0 Å². The predicted octanol–water partition coefficient (Wildman–Crippen LogP) is 3.80. The monoisotopic (exact) mass is 434 g/mol. The zero-order chi connectivity index (χ0) is 21.7. The maximum Gasteiger partial charge on any atom is 0.238 e. The van der Waals surface area contributed by atoms with Crippen molar-refractivity contribution in [3.05, 3.63) is 85.3 Å². The standard InChI is InChI=1S/C21H18N6O3S/c22-31(28,29)19-8-6-15(7-9-19)26-21-24-11-10-20(27-21)25-16-12-18(14-23-13-16)30-17-4-2-1-3-5-17/h1-14H,(H2,22,28,29)(H2,24,25,26,27). The first-order valence-electron chi connectivity index (χ1n) is 9.14. The SMILES string of the molecule is NS(=O)(=O)c1ccc(Nc2nccc(Nc3cncc(Oc4ccccc4)c3)n2)cc1. The Balaban J connectivity index is 1.46. The van der Waals surface area contributed by atoms with E-state index in [9.17, 15) is 8.42 Å². The molecule has 0 fully saturated rings. The molecule has 156 valence electrons. The van der Waals surface area contributed by atoms with Crippen LogP contribution in [0.5, 0.6) is 11.5 Å². The lowest BCUT2D eigenvalue weighted by Crippen LogP contribution is -2.11. The third-order valence-corrected chi connectivity index (χ3v) is 4.99. The van der Waals surface area contributed by atoms with E-state index in [2.05, 4.69) is 25.6 Å². The summed E-state index contributed by atoms with van der Waals surface area (Å²) >= 11 is 0. The van der Waals surface area contributed by atoms with E-state index in [0.29, 0.717) is 34.6 Å². The Labute approximate surface area is 179 Å². The van der Waals surface area contributed by atoms with Gasteiger partial charge >= 0.3 is 0 Å². The van der Waals surface area contributed by atoms with Crippen LogP contribution in [0.2, 0.25) is 0 Å². The number of sulfonamides is 1. The van der Waals surface area contributed by atoms with E-state index in [1.165, 1.54) is 12.1 Å². The number of ether oxygens (including phenoxy) is 1. The van der Waals surface area contributed by atoms with Crippen molar-refractivity contribution in [1.29, 1.82) is 0 Å². The van der Waals surface area contributed by atoms with Gasteiger partial charge in [-0.2, -0.15) is 4.98 Å². The highest BCUT2D eigenvalue weighted by Gasteiger charge is 2.08. The van der Waals surface area contributed by atoms with Gasteiger partial charge in [-0.15, -0.1) is 0 Å². The highest BCUT2D eigenvalue weighted by atomic mass is 32.2. The van der Waals surface area contributed by atoms with Crippen molar-refractivity contribution in [3.63, 3.8) is 0 Å². The molecule has 0 atom stereocenters. The summed E-state index contributed by atoms with van der Waals surface area (Å²) in [5.74, 6) is 2.16. The molecule has 0 spiro atoms. The van der Waals surface area contributed by atoms with Crippen LogP contribution < -0.4 is 20.5 Å². The zero-order valence-electron chi connectivity index (χ0n) is 16.1. The van der Waals surface area contributed by atoms with Crippen molar-refractivity contribution in [3.8, 4) is 11.5 Å². The van der Waals surface area contributed by atoms with Crippen LogP contribution in [0.15, 0.2) is 90.2 Å². The van der Waals surface area contributed by atoms with Crippen LogP contribution in [-0.4, -0.2) is 23.4 Å². The fourth-order valence-corrected chi connectivity index (χ4v) is 3.18. The van der Waals surface area contributed by atoms with E-state index in [4.69, 9.17) is 9.88 Å². The molecule has 4 aromatic rings. The number of benzene rings is 2. The second-order valence-electron chi connectivity index (χ2n) is 6.41. The number of pyridine rings is 1. The van der Waals surface area contributed by atoms with Crippen LogP contribution in [0.1, 0.15) is 0 Å². The Morgan fingerprint density at radius 1 is 0.839 bits per heavy atom. The molecule has 0 bridgehead atoms. The first kappa shape index (κ1) is 20.3. The highest BCUT2D eigenvalue weighted by Crippen LogP contribution is 2.24. The summed E-state index contributed by atoms with van der Waals surface area (Å²) in [6, 6.07) is 18.9. The van der Waals surface area contributed by atoms with Crippen molar-refractivity contribution in [2.75, 3.05) is 10.6 Å². The van der Waals surface area contributed by atoms with Crippen LogP contribution >= 0.6 is 0 Å². The smallest absolute Gasteiger partial charge is 0.238 e. The molecule has 4 rings (SSSR count). The van der Waals surface area contributed by atoms with Gasteiger partial charge < -0.3 is 15.4 Å². The molecule has 0 saturated heterocycles. The molecule has 2 aromatic carbocycles. The molecule has 0 radical (unpaired) electrons. The fourth-order valence-electron chi connectivity index (χ4n) is 2.66. The van der Waals surface area contributed by atoms with E-state index >= 15 is 0 Å². The number of hydrogen-bond donors (Lipinski definition) is 3. The number of nitrogens with one attached hydrogen (secondary N) is 2. The molecule has 31 heavy (non-hydrogen) atoms. The molecule has 2 aromatic heterocycles. The van der Waals surface area contributed by atoms with E-state index in [-0.39, 0.29) is 4.90 Å². The van der Waals surface area contributed by atoms with Crippen LogP contribution in [0.25, 0.3) is 0 Å². The summed E-state index contributed by atoms with van der Waals surface area (Å²) in [6.07, 6.45) is 4.86. The van der Waals surface area contributed by atoms with Gasteiger partial charge in [-0.05, 0) is 42.5 Å². The van der Waals surface area contributed by atoms with Gasteiger partial charge in [-0.3, -0.25) is 4.98 Å². The molecular formula is C21H18N6O3S. The van der Waals surface area contributed by atoms with Gasteiger partial charge in [-0.1, -0.05) is 18.2 Å². The van der Waals surface area contributed by atoms with Gasteiger partial charge in [0, 0.05) is 18.0 Å². The Bertz CT molecular complexity index is 1280. The molecule has 4 N–H and O–H groups in total. The van der Waals surface area contributed by atoms with Crippen molar-refractivity contribution < 1.29 is 13.2 Å². The lowest BCUT2D eigenvalue weighted by atomic mass is 10.3. The topological polar surface area (TPSA) is 132 Å². The van der Waals surface area contributed by atoms with E-state index in [0.717, 1.165) is 0 Å². The molecule has 0 aliphatic rings. The minimum absolute atomic E-state index is 0.0273. The second-order valence-corrected chi connectivity index (χ2v) is 7.97. The number of para-hydroxylation sites is 1. The summed E-state index contributed by atoms with van der Waals surface area (Å²) < 4.78 is 28.5. The molecular weight excluding hydrogens is 416 g/mol. The average molecular weight is 434 g/mol. The van der Waals surface area contributed by atoms with Crippen LogP contribution in [0, 0.1) is 0 Å². The number of nitrogens with two attached hydrogens (primary N) is 1. The zero-order valence-corrected chi connectivity index (χ0v) is 17.0. The van der Waals surface area contributed by atoms with Crippen molar-refractivity contribution in [2.24, 2.45) is 5.14 Å². The molecule has 9 nitrogen and oxygen atoms in total. The third-order valence-electron chi connectivity index (χ3n) is 4.06. The Morgan fingerprint density at radius 2 is 1.61 bits per heavy atom. The second kappa shape index (κ2) is 8.78. The van der Waals surface area contributed by atoms with Crippen LogP contribution in [0.3, 0.4) is 0 Å². The lowest BCUT2D eigenvalue weighted by Gasteiger charge is -2.10. The minimum Gasteiger partial charge on any atom is -0.456 e. The molecule has 0 aliphatic carbocycles. The lowest BCUT2D eigenvalue weighted by molar-refractivity contribution is 0.480. The fraction of sp³-hybridized carbons (Fsp3) is 0. The van der Waals surface area contributed by atoms with Crippen LogP contribution in [0.4, 0.5) is 23.1 Å². The Kier molecular flexibility index (Phi) is 5.74. The molecule has 2 heterocycles. The van der Waals surface area contributed by atoms with Crippen molar-refractivity contribution in [1.82, 2.24) is 15.0 Å². The summed E-state index contributed by atoms with van der Waals surface area (Å²) in [5, 5.41) is 11.3.